The maximum absolute atomic E-state index is 12.7. The summed E-state index contributed by atoms with van der Waals surface area (Å²) in [6.45, 7) is 3.03. The molecule has 3 aliphatic rings. The van der Waals surface area contributed by atoms with E-state index in [1.165, 1.54) is 0 Å². The maximum Gasteiger partial charge on any atom is 0.251 e. The molecular weight excluding hydrogens is 358 g/mol. The van der Waals surface area contributed by atoms with Crippen molar-refractivity contribution in [3.05, 3.63) is 47.0 Å². The topological polar surface area (TPSA) is 66.0 Å². The van der Waals surface area contributed by atoms with Crippen molar-refractivity contribution >= 4 is 16.7 Å². The molecule has 3 aromatic carbocycles. The van der Waals surface area contributed by atoms with Crippen LogP contribution >= 0.6 is 0 Å². The Kier molecular flexibility index (Phi) is 3.10. The second-order valence-corrected chi connectivity index (χ2v) is 7.15. The van der Waals surface area contributed by atoms with E-state index in [9.17, 15) is 4.79 Å². The van der Waals surface area contributed by atoms with Gasteiger partial charge in [0.25, 0.3) is 5.91 Å². The molecule has 6 nitrogen and oxygen atoms in total. The van der Waals surface area contributed by atoms with E-state index in [0.717, 1.165) is 62.3 Å². The summed E-state index contributed by atoms with van der Waals surface area (Å²) in [5.74, 6) is 2.89. The van der Waals surface area contributed by atoms with Gasteiger partial charge in [-0.3, -0.25) is 4.79 Å². The van der Waals surface area contributed by atoms with Crippen molar-refractivity contribution in [3.8, 4) is 34.1 Å². The van der Waals surface area contributed by atoms with Crippen molar-refractivity contribution in [3.63, 3.8) is 0 Å². The molecule has 0 atom stereocenters. The van der Waals surface area contributed by atoms with Crippen LogP contribution in [0.15, 0.2) is 30.3 Å². The number of nitrogens with one attached hydrogen (secondary N) is 1. The van der Waals surface area contributed by atoms with Crippen LogP contribution in [0.5, 0.6) is 23.0 Å². The predicted molar refractivity (Wildman–Crippen MR) is 102 cm³/mol. The van der Waals surface area contributed by atoms with E-state index < -0.39 is 0 Å². The lowest BCUT2D eigenvalue weighted by Gasteiger charge is -2.25. The van der Waals surface area contributed by atoms with Gasteiger partial charge in [-0.1, -0.05) is 12.1 Å². The molecule has 0 saturated heterocycles. The Morgan fingerprint density at radius 3 is 2.61 bits per heavy atom. The molecule has 0 unspecified atom stereocenters. The number of carbonyl (C=O) groups is 1. The second kappa shape index (κ2) is 5.55. The summed E-state index contributed by atoms with van der Waals surface area (Å²) in [6, 6.07) is 9.83. The molecule has 3 aliphatic heterocycles. The van der Waals surface area contributed by atoms with Crippen LogP contribution in [0.3, 0.4) is 0 Å². The van der Waals surface area contributed by atoms with Gasteiger partial charge in [0.15, 0.2) is 23.0 Å². The van der Waals surface area contributed by atoms with Crippen molar-refractivity contribution in [1.82, 2.24) is 5.32 Å². The molecule has 0 fully saturated rings. The van der Waals surface area contributed by atoms with Crippen LogP contribution in [0.4, 0.5) is 0 Å². The van der Waals surface area contributed by atoms with Gasteiger partial charge in [-0.15, -0.1) is 0 Å². The van der Waals surface area contributed by atoms with Crippen LogP contribution in [0.25, 0.3) is 21.9 Å². The zero-order valence-electron chi connectivity index (χ0n) is 15.3. The molecule has 3 heterocycles. The fraction of sp³-hybridized carbons (Fsp3) is 0.227. The summed E-state index contributed by atoms with van der Waals surface area (Å²) >= 11 is 0. The standard InChI is InChI=1S/C22H17NO5/c1-11-13-3-5-16-21(28-10-26-16)20(13)19(14-6-7-23-22(24)18(11)14)12-2-4-15-17(8-12)27-9-25-15/h2-5,8H,6-7,9-10H2,1H3,(H,23,24). The van der Waals surface area contributed by atoms with E-state index in [1.54, 1.807) is 0 Å². The third-order valence-electron chi connectivity index (χ3n) is 5.72. The van der Waals surface area contributed by atoms with Gasteiger partial charge in [0, 0.05) is 17.5 Å². The van der Waals surface area contributed by atoms with E-state index in [4.69, 9.17) is 18.9 Å². The van der Waals surface area contributed by atoms with Gasteiger partial charge in [-0.05, 0) is 59.2 Å². The quantitative estimate of drug-likeness (QED) is 0.705. The van der Waals surface area contributed by atoms with E-state index in [0.29, 0.717) is 12.3 Å². The minimum atomic E-state index is -0.0275. The summed E-state index contributed by atoms with van der Waals surface area (Å²) in [6.07, 6.45) is 0.756. The van der Waals surface area contributed by atoms with Gasteiger partial charge in [0.05, 0.1) is 0 Å². The molecular formula is C22H17NO5. The van der Waals surface area contributed by atoms with E-state index in [1.807, 2.05) is 37.3 Å². The smallest absolute Gasteiger partial charge is 0.251 e. The highest BCUT2D eigenvalue weighted by Crippen LogP contribution is 2.49. The van der Waals surface area contributed by atoms with Gasteiger partial charge in [-0.2, -0.15) is 0 Å². The highest BCUT2D eigenvalue weighted by atomic mass is 16.7. The summed E-state index contributed by atoms with van der Waals surface area (Å²) < 4.78 is 22.6. The van der Waals surface area contributed by atoms with Crippen molar-refractivity contribution in [2.45, 2.75) is 13.3 Å². The van der Waals surface area contributed by atoms with Crippen LogP contribution < -0.4 is 24.3 Å². The van der Waals surface area contributed by atoms with E-state index in [2.05, 4.69) is 5.32 Å². The number of hydrogen-bond acceptors (Lipinski definition) is 5. The van der Waals surface area contributed by atoms with E-state index in [-0.39, 0.29) is 19.5 Å². The maximum atomic E-state index is 12.7. The normalized spacial score (nSPS) is 16.2. The number of rotatable bonds is 1. The van der Waals surface area contributed by atoms with Crippen LogP contribution in [0.1, 0.15) is 21.5 Å². The Labute approximate surface area is 161 Å². The van der Waals surface area contributed by atoms with Crippen LogP contribution in [0.2, 0.25) is 0 Å². The molecule has 6 rings (SSSR count). The molecule has 0 aliphatic carbocycles. The number of fused-ring (bicyclic) bond motifs is 5. The molecule has 6 heteroatoms. The zero-order valence-corrected chi connectivity index (χ0v) is 15.3. The van der Waals surface area contributed by atoms with Crippen LogP contribution in [-0.4, -0.2) is 26.0 Å². The molecule has 0 radical (unpaired) electrons. The fourth-order valence-corrected chi connectivity index (χ4v) is 4.49. The highest BCUT2D eigenvalue weighted by molar-refractivity contribution is 6.12. The Balaban J connectivity index is 1.76. The number of hydrogen-bond donors (Lipinski definition) is 1. The first-order valence-electron chi connectivity index (χ1n) is 9.28. The molecule has 140 valence electrons. The Morgan fingerprint density at radius 2 is 1.68 bits per heavy atom. The van der Waals surface area contributed by atoms with Crippen LogP contribution in [0, 0.1) is 6.92 Å². The zero-order chi connectivity index (χ0) is 18.8. The summed E-state index contributed by atoms with van der Waals surface area (Å²) in [5, 5.41) is 4.96. The van der Waals surface area contributed by atoms with Gasteiger partial charge >= 0.3 is 0 Å². The Bertz CT molecular complexity index is 1180. The molecule has 0 aromatic heterocycles. The van der Waals surface area contributed by atoms with Crippen molar-refractivity contribution in [2.75, 3.05) is 20.1 Å². The van der Waals surface area contributed by atoms with Gasteiger partial charge in [0.2, 0.25) is 13.6 Å². The third kappa shape index (κ3) is 2.00. The first kappa shape index (κ1) is 15.6. The molecule has 0 saturated carbocycles. The molecule has 28 heavy (non-hydrogen) atoms. The lowest BCUT2D eigenvalue weighted by molar-refractivity contribution is 0.0945. The van der Waals surface area contributed by atoms with Gasteiger partial charge in [0.1, 0.15) is 0 Å². The Morgan fingerprint density at radius 1 is 0.893 bits per heavy atom. The van der Waals surface area contributed by atoms with Crippen molar-refractivity contribution < 1.29 is 23.7 Å². The fourth-order valence-electron chi connectivity index (χ4n) is 4.49. The van der Waals surface area contributed by atoms with Gasteiger partial charge < -0.3 is 24.3 Å². The number of aryl methyl sites for hydroxylation is 1. The summed E-state index contributed by atoms with van der Waals surface area (Å²) in [4.78, 5) is 12.7. The minimum Gasteiger partial charge on any atom is -0.454 e. The number of amides is 1. The van der Waals surface area contributed by atoms with Crippen molar-refractivity contribution in [1.29, 1.82) is 0 Å². The first-order chi connectivity index (χ1) is 13.7. The Hall–Kier alpha value is -3.41. The lowest BCUT2D eigenvalue weighted by atomic mass is 9.83. The average Bonchev–Trinajstić information content (AvgIpc) is 3.36. The number of ether oxygens (including phenoxy) is 4. The third-order valence-corrected chi connectivity index (χ3v) is 5.72. The van der Waals surface area contributed by atoms with E-state index >= 15 is 0 Å². The molecule has 3 aromatic rings. The van der Waals surface area contributed by atoms with Crippen LogP contribution in [-0.2, 0) is 6.42 Å². The average molecular weight is 375 g/mol. The molecule has 1 amide bonds. The first-order valence-corrected chi connectivity index (χ1v) is 9.28. The molecule has 0 bridgehead atoms. The largest absolute Gasteiger partial charge is 0.454 e. The summed E-state index contributed by atoms with van der Waals surface area (Å²) in [5.41, 5.74) is 4.74. The summed E-state index contributed by atoms with van der Waals surface area (Å²) in [7, 11) is 0. The number of benzene rings is 3. The molecule has 1 N–H and O–H groups in total. The molecule has 0 spiro atoms. The van der Waals surface area contributed by atoms with Crippen molar-refractivity contribution in [2.24, 2.45) is 0 Å². The highest BCUT2D eigenvalue weighted by Gasteiger charge is 2.30. The lowest BCUT2D eigenvalue weighted by Crippen LogP contribution is -2.33. The second-order valence-electron chi connectivity index (χ2n) is 7.15. The SMILES string of the molecule is Cc1c2c(c(-c3ccc4c(c3)OCO4)c3c4c(ccc13)OCO4)CCNC2=O. The van der Waals surface area contributed by atoms with Gasteiger partial charge in [-0.25, -0.2) is 0 Å². The number of carbonyl (C=O) groups excluding carboxylic acids is 1. The monoisotopic (exact) mass is 375 g/mol. The predicted octanol–water partition coefficient (Wildman–Crippen LogP) is 3.56. The minimum absolute atomic E-state index is 0.0275.